The highest BCUT2D eigenvalue weighted by Crippen LogP contribution is 2.21. The van der Waals surface area contributed by atoms with E-state index in [4.69, 9.17) is 11.6 Å². The molecule has 0 amide bonds. The van der Waals surface area contributed by atoms with Crippen LogP contribution in [-0.4, -0.2) is 15.8 Å². The van der Waals surface area contributed by atoms with E-state index < -0.39 is 0 Å². The van der Waals surface area contributed by atoms with Gasteiger partial charge in [-0.3, -0.25) is 0 Å². The van der Waals surface area contributed by atoms with Crippen molar-refractivity contribution in [3.05, 3.63) is 53.9 Å². The second kappa shape index (κ2) is 6.19. The first-order valence-corrected chi connectivity index (χ1v) is 7.72. The van der Waals surface area contributed by atoms with Crippen LogP contribution in [-0.2, 0) is 12.8 Å². The Balaban J connectivity index is 1.80. The molecule has 2 aromatic carbocycles. The number of alkyl halides is 1. The molecular formula is C17H18ClN3. The Morgan fingerprint density at radius 1 is 1.10 bits per heavy atom. The van der Waals surface area contributed by atoms with Crippen molar-refractivity contribution in [2.75, 3.05) is 11.2 Å². The van der Waals surface area contributed by atoms with E-state index in [-0.39, 0.29) is 0 Å². The number of H-pyrrole nitrogens is 1. The number of aromatic nitrogens is 2. The Morgan fingerprint density at radius 3 is 2.57 bits per heavy atom. The molecule has 0 spiro atoms. The number of aryl methyl sites for hydroxylation is 2. The van der Waals surface area contributed by atoms with Crippen molar-refractivity contribution in [1.82, 2.24) is 9.97 Å². The normalized spacial score (nSPS) is 11.0. The molecule has 1 aromatic heterocycles. The lowest BCUT2D eigenvalue weighted by atomic mass is 10.1. The van der Waals surface area contributed by atoms with Crippen molar-refractivity contribution in [2.24, 2.45) is 0 Å². The molecule has 3 aromatic rings. The van der Waals surface area contributed by atoms with E-state index in [1.54, 1.807) is 0 Å². The zero-order chi connectivity index (χ0) is 14.7. The third-order valence-electron chi connectivity index (χ3n) is 3.49. The summed E-state index contributed by atoms with van der Waals surface area (Å²) >= 11 is 5.75. The molecule has 0 aliphatic carbocycles. The summed E-state index contributed by atoms with van der Waals surface area (Å²) in [7, 11) is 0. The van der Waals surface area contributed by atoms with Gasteiger partial charge in [-0.1, -0.05) is 19.1 Å². The van der Waals surface area contributed by atoms with Crippen LogP contribution in [0.5, 0.6) is 0 Å². The minimum Gasteiger partial charge on any atom is -0.355 e. The molecule has 21 heavy (non-hydrogen) atoms. The quantitative estimate of drug-likeness (QED) is 0.673. The van der Waals surface area contributed by atoms with Gasteiger partial charge in [-0.15, -0.1) is 11.6 Å². The number of rotatable bonds is 5. The summed E-state index contributed by atoms with van der Waals surface area (Å²) in [6.07, 6.45) is 1.82. The minimum absolute atomic E-state index is 0.656. The highest BCUT2D eigenvalue weighted by atomic mass is 35.5. The van der Waals surface area contributed by atoms with Crippen molar-refractivity contribution >= 4 is 34.0 Å². The standard InChI is InChI=1S/C17H18ClN3/c1-2-17-20-15-8-7-14(11-16(15)21-17)19-13-5-3-12(4-6-13)9-10-18/h3-8,11,19H,2,9-10H2,1H3,(H,20,21). The minimum atomic E-state index is 0.656. The summed E-state index contributed by atoms with van der Waals surface area (Å²) in [5.74, 6) is 1.68. The molecule has 0 aliphatic heterocycles. The number of imidazole rings is 1. The number of benzene rings is 2. The molecule has 2 N–H and O–H groups in total. The smallest absolute Gasteiger partial charge is 0.106 e. The Labute approximate surface area is 129 Å². The summed E-state index contributed by atoms with van der Waals surface area (Å²) in [6.45, 7) is 2.10. The van der Waals surface area contributed by atoms with Gasteiger partial charge in [0.15, 0.2) is 0 Å². The first-order chi connectivity index (χ1) is 10.3. The molecule has 0 bridgehead atoms. The molecule has 0 saturated heterocycles. The molecule has 0 radical (unpaired) electrons. The third kappa shape index (κ3) is 3.19. The predicted octanol–water partition coefficient (Wildman–Crippen LogP) is 4.65. The Hall–Kier alpha value is -2.00. The molecule has 0 saturated carbocycles. The average molecular weight is 300 g/mol. The van der Waals surface area contributed by atoms with Crippen LogP contribution in [0.4, 0.5) is 11.4 Å². The van der Waals surface area contributed by atoms with Crippen LogP contribution in [0, 0.1) is 0 Å². The van der Waals surface area contributed by atoms with Crippen molar-refractivity contribution in [2.45, 2.75) is 19.8 Å². The van der Waals surface area contributed by atoms with Crippen LogP contribution < -0.4 is 5.32 Å². The Bertz CT molecular complexity index is 731. The van der Waals surface area contributed by atoms with Crippen molar-refractivity contribution in [3.63, 3.8) is 0 Å². The maximum Gasteiger partial charge on any atom is 0.106 e. The fraction of sp³-hybridized carbons (Fsp3) is 0.235. The van der Waals surface area contributed by atoms with E-state index in [9.17, 15) is 0 Å². The van der Waals surface area contributed by atoms with Gasteiger partial charge < -0.3 is 10.3 Å². The number of nitrogens with zero attached hydrogens (tertiary/aromatic N) is 1. The van der Waals surface area contributed by atoms with Crippen LogP contribution >= 0.6 is 11.6 Å². The van der Waals surface area contributed by atoms with Gasteiger partial charge in [-0.2, -0.15) is 0 Å². The van der Waals surface area contributed by atoms with Gasteiger partial charge in [0.05, 0.1) is 11.0 Å². The lowest BCUT2D eigenvalue weighted by Gasteiger charge is -2.07. The lowest BCUT2D eigenvalue weighted by Crippen LogP contribution is -1.91. The molecule has 3 nitrogen and oxygen atoms in total. The van der Waals surface area contributed by atoms with Crippen molar-refractivity contribution in [1.29, 1.82) is 0 Å². The summed E-state index contributed by atoms with van der Waals surface area (Å²) in [5.41, 5.74) is 5.46. The van der Waals surface area contributed by atoms with Crippen molar-refractivity contribution < 1.29 is 0 Å². The second-order valence-electron chi connectivity index (χ2n) is 5.03. The Kier molecular flexibility index (Phi) is 4.11. The number of fused-ring (bicyclic) bond motifs is 1. The maximum atomic E-state index is 5.75. The molecule has 0 unspecified atom stereocenters. The van der Waals surface area contributed by atoms with E-state index in [0.29, 0.717) is 5.88 Å². The van der Waals surface area contributed by atoms with E-state index >= 15 is 0 Å². The highest BCUT2D eigenvalue weighted by molar-refractivity contribution is 6.17. The van der Waals surface area contributed by atoms with Crippen LogP contribution in [0.2, 0.25) is 0 Å². The molecule has 108 valence electrons. The third-order valence-corrected chi connectivity index (χ3v) is 3.68. The lowest BCUT2D eigenvalue weighted by molar-refractivity contribution is 1.00. The van der Waals surface area contributed by atoms with E-state index in [1.807, 2.05) is 6.07 Å². The summed E-state index contributed by atoms with van der Waals surface area (Å²) in [5, 5.41) is 3.41. The van der Waals surface area contributed by atoms with Gasteiger partial charge in [-0.25, -0.2) is 4.98 Å². The zero-order valence-corrected chi connectivity index (χ0v) is 12.7. The SMILES string of the molecule is CCc1nc2ccc(Nc3ccc(CCCl)cc3)cc2[nH]1. The Morgan fingerprint density at radius 2 is 1.86 bits per heavy atom. The van der Waals surface area contributed by atoms with Gasteiger partial charge in [0, 0.05) is 23.7 Å². The van der Waals surface area contributed by atoms with E-state index in [1.165, 1.54) is 5.56 Å². The zero-order valence-electron chi connectivity index (χ0n) is 12.0. The summed E-state index contributed by atoms with van der Waals surface area (Å²) in [6, 6.07) is 14.6. The fourth-order valence-electron chi connectivity index (χ4n) is 2.34. The maximum absolute atomic E-state index is 5.75. The predicted molar refractivity (Wildman–Crippen MR) is 89.6 cm³/mol. The van der Waals surface area contributed by atoms with Crippen molar-refractivity contribution in [3.8, 4) is 0 Å². The van der Waals surface area contributed by atoms with Crippen LogP contribution in [0.25, 0.3) is 11.0 Å². The molecule has 0 fully saturated rings. The largest absolute Gasteiger partial charge is 0.355 e. The van der Waals surface area contributed by atoms with Gasteiger partial charge in [-0.05, 0) is 42.3 Å². The molecule has 1 heterocycles. The van der Waals surface area contributed by atoms with Crippen LogP contribution in [0.1, 0.15) is 18.3 Å². The summed E-state index contributed by atoms with van der Waals surface area (Å²) in [4.78, 5) is 7.85. The topological polar surface area (TPSA) is 40.7 Å². The number of hydrogen-bond acceptors (Lipinski definition) is 2. The molecule has 4 heteroatoms. The number of aromatic amines is 1. The van der Waals surface area contributed by atoms with Gasteiger partial charge in [0.1, 0.15) is 5.82 Å². The van der Waals surface area contributed by atoms with Crippen LogP contribution in [0.3, 0.4) is 0 Å². The molecule has 0 atom stereocenters. The fourth-order valence-corrected chi connectivity index (χ4v) is 2.56. The van der Waals surface area contributed by atoms with Crippen LogP contribution in [0.15, 0.2) is 42.5 Å². The monoisotopic (exact) mass is 299 g/mol. The second-order valence-corrected chi connectivity index (χ2v) is 5.41. The summed E-state index contributed by atoms with van der Waals surface area (Å²) < 4.78 is 0. The number of halogens is 1. The van der Waals surface area contributed by atoms with Gasteiger partial charge in [0.2, 0.25) is 0 Å². The number of hydrogen-bond donors (Lipinski definition) is 2. The number of nitrogens with one attached hydrogen (secondary N) is 2. The van der Waals surface area contributed by atoms with E-state index in [0.717, 1.165) is 41.1 Å². The molecule has 3 rings (SSSR count). The molecular weight excluding hydrogens is 282 g/mol. The van der Waals surface area contributed by atoms with Gasteiger partial charge in [0.25, 0.3) is 0 Å². The van der Waals surface area contributed by atoms with Gasteiger partial charge >= 0.3 is 0 Å². The number of anilines is 2. The average Bonchev–Trinajstić information content (AvgIpc) is 2.92. The first kappa shape index (κ1) is 14.0. The first-order valence-electron chi connectivity index (χ1n) is 7.19. The van der Waals surface area contributed by atoms with E-state index in [2.05, 4.69) is 58.6 Å². The highest BCUT2D eigenvalue weighted by Gasteiger charge is 2.03. The molecule has 0 aliphatic rings.